The SMILES string of the molecule is NC(=O)[C@@H]1CCCCN1C(=O)COc1ccccc1[N+](=O)[O-]. The number of hydrogen-bond acceptors (Lipinski definition) is 5. The Hall–Kier alpha value is -2.64. The quantitative estimate of drug-likeness (QED) is 0.639. The molecule has 2 N–H and O–H groups in total. The van der Waals surface area contributed by atoms with Crippen molar-refractivity contribution in [2.45, 2.75) is 25.3 Å². The predicted octanol–water partition coefficient (Wildman–Crippen LogP) is 0.840. The monoisotopic (exact) mass is 307 g/mol. The highest BCUT2D eigenvalue weighted by molar-refractivity contribution is 5.87. The first-order valence-corrected chi connectivity index (χ1v) is 6.95. The number of nitrogens with zero attached hydrogens (tertiary/aromatic N) is 2. The number of nitrogens with two attached hydrogens (primary N) is 1. The Kier molecular flexibility index (Phi) is 4.92. The average Bonchev–Trinajstić information content (AvgIpc) is 2.52. The smallest absolute Gasteiger partial charge is 0.310 e. The topological polar surface area (TPSA) is 116 Å². The second kappa shape index (κ2) is 6.88. The van der Waals surface area contributed by atoms with Crippen molar-refractivity contribution < 1.29 is 19.2 Å². The summed E-state index contributed by atoms with van der Waals surface area (Å²) >= 11 is 0. The highest BCUT2D eigenvalue weighted by atomic mass is 16.6. The van der Waals surface area contributed by atoms with Crippen molar-refractivity contribution in [3.8, 4) is 5.75 Å². The highest BCUT2D eigenvalue weighted by Gasteiger charge is 2.31. The summed E-state index contributed by atoms with van der Waals surface area (Å²) in [7, 11) is 0. The lowest BCUT2D eigenvalue weighted by Gasteiger charge is -2.33. The third-order valence-corrected chi connectivity index (χ3v) is 3.56. The Morgan fingerprint density at radius 1 is 1.36 bits per heavy atom. The van der Waals surface area contributed by atoms with Gasteiger partial charge in [0, 0.05) is 12.6 Å². The molecular weight excluding hydrogens is 290 g/mol. The van der Waals surface area contributed by atoms with Gasteiger partial charge in [-0.15, -0.1) is 0 Å². The molecule has 1 saturated heterocycles. The second-order valence-corrected chi connectivity index (χ2v) is 5.01. The van der Waals surface area contributed by atoms with Crippen LogP contribution in [0.2, 0.25) is 0 Å². The predicted molar refractivity (Wildman–Crippen MR) is 77.1 cm³/mol. The fraction of sp³-hybridized carbons (Fsp3) is 0.429. The van der Waals surface area contributed by atoms with Crippen molar-refractivity contribution in [1.82, 2.24) is 4.90 Å². The van der Waals surface area contributed by atoms with Crippen LogP contribution < -0.4 is 10.5 Å². The molecule has 1 aliphatic heterocycles. The zero-order chi connectivity index (χ0) is 16.1. The van der Waals surface area contributed by atoms with Gasteiger partial charge < -0.3 is 15.4 Å². The fourth-order valence-corrected chi connectivity index (χ4v) is 2.48. The van der Waals surface area contributed by atoms with Gasteiger partial charge >= 0.3 is 5.69 Å². The van der Waals surface area contributed by atoms with Crippen LogP contribution >= 0.6 is 0 Å². The average molecular weight is 307 g/mol. The summed E-state index contributed by atoms with van der Waals surface area (Å²) in [6, 6.07) is 5.19. The molecule has 1 aromatic carbocycles. The minimum atomic E-state index is -0.629. The first kappa shape index (κ1) is 15.7. The van der Waals surface area contributed by atoms with E-state index in [9.17, 15) is 19.7 Å². The van der Waals surface area contributed by atoms with Crippen LogP contribution in [0.1, 0.15) is 19.3 Å². The number of hydrogen-bond donors (Lipinski definition) is 1. The second-order valence-electron chi connectivity index (χ2n) is 5.01. The molecule has 0 bridgehead atoms. The van der Waals surface area contributed by atoms with Gasteiger partial charge in [0.15, 0.2) is 12.4 Å². The molecular formula is C14H17N3O5. The van der Waals surface area contributed by atoms with Crippen LogP contribution in [0.15, 0.2) is 24.3 Å². The number of carbonyl (C=O) groups is 2. The minimum Gasteiger partial charge on any atom is -0.477 e. The zero-order valence-electron chi connectivity index (χ0n) is 11.9. The third-order valence-electron chi connectivity index (χ3n) is 3.56. The normalized spacial score (nSPS) is 17.8. The van der Waals surface area contributed by atoms with E-state index in [1.54, 1.807) is 6.07 Å². The number of nitro groups is 1. The van der Waals surface area contributed by atoms with Crippen LogP contribution in [0.5, 0.6) is 5.75 Å². The number of rotatable bonds is 5. The minimum absolute atomic E-state index is 0.0217. The van der Waals surface area contributed by atoms with Crippen LogP contribution in [0.25, 0.3) is 0 Å². The van der Waals surface area contributed by atoms with E-state index in [1.165, 1.54) is 23.1 Å². The number of primary amides is 1. The van der Waals surface area contributed by atoms with Gasteiger partial charge in [-0.1, -0.05) is 12.1 Å². The molecule has 0 unspecified atom stereocenters. The number of benzene rings is 1. The summed E-state index contributed by atoms with van der Waals surface area (Å²) in [5.74, 6) is -0.922. The number of piperidine rings is 1. The lowest BCUT2D eigenvalue weighted by Crippen LogP contribution is -2.51. The standard InChI is InChI=1S/C14H17N3O5/c15-14(19)11-6-3-4-8-16(11)13(18)9-22-12-7-2-1-5-10(12)17(20)21/h1-2,5,7,11H,3-4,6,8-9H2,(H2,15,19)/t11-/m0/s1. The van der Waals surface area contributed by atoms with E-state index >= 15 is 0 Å². The van der Waals surface area contributed by atoms with E-state index in [1.807, 2.05) is 0 Å². The summed E-state index contributed by atoms with van der Waals surface area (Å²) in [5.41, 5.74) is 5.10. The van der Waals surface area contributed by atoms with Gasteiger partial charge in [0.2, 0.25) is 5.91 Å². The summed E-state index contributed by atoms with van der Waals surface area (Å²) in [4.78, 5) is 35.3. The molecule has 2 rings (SSSR count). The molecule has 0 spiro atoms. The van der Waals surface area contributed by atoms with Gasteiger partial charge in [-0.25, -0.2) is 0 Å². The Morgan fingerprint density at radius 2 is 2.09 bits per heavy atom. The molecule has 0 radical (unpaired) electrons. The molecule has 8 nitrogen and oxygen atoms in total. The third kappa shape index (κ3) is 3.51. The molecule has 1 atom stereocenters. The maximum Gasteiger partial charge on any atom is 0.310 e. The van der Waals surface area contributed by atoms with Gasteiger partial charge in [-0.2, -0.15) is 0 Å². The largest absolute Gasteiger partial charge is 0.477 e. The maximum atomic E-state index is 12.2. The molecule has 1 aromatic rings. The fourth-order valence-electron chi connectivity index (χ4n) is 2.48. The number of nitro benzene ring substituents is 1. The molecule has 22 heavy (non-hydrogen) atoms. The van der Waals surface area contributed by atoms with E-state index in [4.69, 9.17) is 10.5 Å². The Balaban J connectivity index is 2.03. The van der Waals surface area contributed by atoms with E-state index in [0.29, 0.717) is 13.0 Å². The van der Waals surface area contributed by atoms with E-state index in [0.717, 1.165) is 12.8 Å². The summed E-state index contributed by atoms with van der Waals surface area (Å²) in [6.07, 6.45) is 2.16. The zero-order valence-corrected chi connectivity index (χ0v) is 11.9. The molecule has 2 amide bonds. The van der Waals surface area contributed by atoms with E-state index in [-0.39, 0.29) is 18.0 Å². The molecule has 1 heterocycles. The molecule has 0 aliphatic carbocycles. The van der Waals surface area contributed by atoms with Crippen molar-refractivity contribution in [3.05, 3.63) is 34.4 Å². The Labute approximate surface area is 127 Å². The molecule has 8 heteroatoms. The van der Waals surface area contributed by atoms with Crippen molar-refractivity contribution >= 4 is 17.5 Å². The van der Waals surface area contributed by atoms with Crippen molar-refractivity contribution in [2.24, 2.45) is 5.73 Å². The number of carbonyl (C=O) groups excluding carboxylic acids is 2. The molecule has 1 fully saturated rings. The van der Waals surface area contributed by atoms with Crippen molar-refractivity contribution in [2.75, 3.05) is 13.2 Å². The van der Waals surface area contributed by atoms with Gasteiger partial charge in [-0.05, 0) is 25.3 Å². The first-order valence-electron chi connectivity index (χ1n) is 6.95. The molecule has 0 saturated carbocycles. The molecule has 118 valence electrons. The Bertz CT molecular complexity index is 590. The van der Waals surface area contributed by atoms with Gasteiger partial charge in [0.05, 0.1) is 4.92 Å². The van der Waals surface area contributed by atoms with Crippen LogP contribution in [0, 0.1) is 10.1 Å². The first-order chi connectivity index (χ1) is 10.5. The maximum absolute atomic E-state index is 12.2. The van der Waals surface area contributed by atoms with Crippen LogP contribution in [-0.2, 0) is 9.59 Å². The van der Waals surface area contributed by atoms with E-state index in [2.05, 4.69) is 0 Å². The van der Waals surface area contributed by atoms with Crippen molar-refractivity contribution in [3.63, 3.8) is 0 Å². The lowest BCUT2D eigenvalue weighted by atomic mass is 10.0. The number of likely N-dealkylation sites (tertiary alicyclic amines) is 1. The van der Waals surface area contributed by atoms with Gasteiger partial charge in [0.25, 0.3) is 5.91 Å². The summed E-state index contributed by atoms with van der Waals surface area (Å²) in [5, 5.41) is 10.9. The number of para-hydroxylation sites is 2. The van der Waals surface area contributed by atoms with Crippen LogP contribution in [0.4, 0.5) is 5.69 Å². The van der Waals surface area contributed by atoms with Gasteiger partial charge in [-0.3, -0.25) is 19.7 Å². The van der Waals surface area contributed by atoms with E-state index < -0.39 is 22.8 Å². The van der Waals surface area contributed by atoms with Crippen molar-refractivity contribution in [1.29, 1.82) is 0 Å². The number of ether oxygens (including phenoxy) is 1. The van der Waals surface area contributed by atoms with Gasteiger partial charge in [0.1, 0.15) is 6.04 Å². The molecule has 0 aromatic heterocycles. The van der Waals surface area contributed by atoms with Crippen LogP contribution in [0.3, 0.4) is 0 Å². The van der Waals surface area contributed by atoms with Crippen LogP contribution in [-0.4, -0.2) is 40.8 Å². The number of amides is 2. The molecule has 1 aliphatic rings. The highest BCUT2D eigenvalue weighted by Crippen LogP contribution is 2.26. The Morgan fingerprint density at radius 3 is 2.77 bits per heavy atom. The summed E-state index contributed by atoms with van der Waals surface area (Å²) in [6.45, 7) is 0.0708. The lowest BCUT2D eigenvalue weighted by molar-refractivity contribution is -0.385. The summed E-state index contributed by atoms with van der Waals surface area (Å²) < 4.78 is 5.26.